The normalized spacial score (nSPS) is 19.8. The number of halogens is 1. The van der Waals surface area contributed by atoms with Crippen LogP contribution in [0.3, 0.4) is 0 Å². The molecule has 0 radical (unpaired) electrons. The molecule has 1 aromatic rings. The van der Waals surface area contributed by atoms with Gasteiger partial charge in [-0.2, -0.15) is 0 Å². The monoisotopic (exact) mass is 267 g/mol. The highest BCUT2D eigenvalue weighted by Gasteiger charge is 2.30. The fraction of sp³-hybridized carbons (Fsp3) is 0.500. The molecule has 98 valence electrons. The molecule has 0 saturated carbocycles. The van der Waals surface area contributed by atoms with Crippen molar-refractivity contribution in [2.75, 3.05) is 5.32 Å². The molecule has 0 spiro atoms. The maximum absolute atomic E-state index is 11.3. The molecule has 2 N–H and O–H groups in total. The van der Waals surface area contributed by atoms with Gasteiger partial charge in [0.25, 0.3) is 0 Å². The molecule has 0 bridgehead atoms. The van der Waals surface area contributed by atoms with Crippen LogP contribution in [-0.4, -0.2) is 17.1 Å². The highest BCUT2D eigenvalue weighted by molar-refractivity contribution is 6.30. The molecule has 3 nitrogen and oxygen atoms in total. The smallest absolute Gasteiger partial charge is 0.308 e. The van der Waals surface area contributed by atoms with Gasteiger partial charge in [0, 0.05) is 16.8 Å². The van der Waals surface area contributed by atoms with Gasteiger partial charge in [0.2, 0.25) is 0 Å². The van der Waals surface area contributed by atoms with Gasteiger partial charge in [-0.1, -0.05) is 24.9 Å². The summed E-state index contributed by atoms with van der Waals surface area (Å²) in [7, 11) is 0. The molecule has 2 unspecified atom stereocenters. The zero-order valence-electron chi connectivity index (χ0n) is 10.4. The number of carboxylic acid groups (broad SMARTS) is 1. The molecular weight excluding hydrogens is 250 g/mol. The fourth-order valence-electron chi connectivity index (χ4n) is 2.60. The molecule has 1 heterocycles. The number of rotatable bonds is 4. The van der Waals surface area contributed by atoms with Gasteiger partial charge >= 0.3 is 5.97 Å². The quantitative estimate of drug-likeness (QED) is 0.877. The Morgan fingerprint density at radius 2 is 2.39 bits per heavy atom. The lowest BCUT2D eigenvalue weighted by Crippen LogP contribution is -2.37. The number of anilines is 1. The number of hydrogen-bond acceptors (Lipinski definition) is 2. The molecule has 1 aromatic carbocycles. The van der Waals surface area contributed by atoms with Crippen LogP contribution in [-0.2, 0) is 11.2 Å². The third-order valence-corrected chi connectivity index (χ3v) is 3.77. The van der Waals surface area contributed by atoms with E-state index in [0.717, 1.165) is 36.4 Å². The van der Waals surface area contributed by atoms with Crippen molar-refractivity contribution in [2.24, 2.45) is 5.92 Å². The minimum absolute atomic E-state index is 0.0242. The predicted molar refractivity (Wildman–Crippen MR) is 73.2 cm³/mol. The van der Waals surface area contributed by atoms with Gasteiger partial charge in [-0.15, -0.1) is 0 Å². The number of aliphatic carboxylic acids is 1. The number of nitrogens with one attached hydrogen (secondary N) is 1. The molecule has 2 atom stereocenters. The van der Waals surface area contributed by atoms with Crippen LogP contribution in [0.2, 0.25) is 5.02 Å². The van der Waals surface area contributed by atoms with Crippen molar-refractivity contribution in [1.82, 2.24) is 0 Å². The van der Waals surface area contributed by atoms with E-state index in [2.05, 4.69) is 5.32 Å². The topological polar surface area (TPSA) is 49.3 Å². The maximum atomic E-state index is 11.3. The molecule has 1 aliphatic rings. The molecule has 0 aliphatic carbocycles. The third-order valence-electron chi connectivity index (χ3n) is 3.54. The zero-order valence-corrected chi connectivity index (χ0v) is 11.2. The number of carboxylic acids is 1. The van der Waals surface area contributed by atoms with E-state index in [1.807, 2.05) is 25.1 Å². The van der Waals surface area contributed by atoms with Gasteiger partial charge in [-0.05, 0) is 43.0 Å². The fourth-order valence-corrected chi connectivity index (χ4v) is 2.80. The van der Waals surface area contributed by atoms with Gasteiger partial charge in [0.05, 0.1) is 5.92 Å². The summed E-state index contributed by atoms with van der Waals surface area (Å²) in [5, 5.41) is 13.4. The Labute approximate surface area is 112 Å². The number of benzene rings is 1. The van der Waals surface area contributed by atoms with E-state index in [4.69, 9.17) is 11.6 Å². The molecule has 0 saturated heterocycles. The van der Waals surface area contributed by atoms with Crippen molar-refractivity contribution in [2.45, 2.75) is 38.6 Å². The van der Waals surface area contributed by atoms with Gasteiger partial charge in [-0.3, -0.25) is 4.79 Å². The minimum Gasteiger partial charge on any atom is -0.481 e. The predicted octanol–water partition coefficient (Wildman–Crippen LogP) is 3.57. The first-order valence-electron chi connectivity index (χ1n) is 6.39. The van der Waals surface area contributed by atoms with Crippen molar-refractivity contribution in [3.8, 4) is 0 Å². The molecule has 18 heavy (non-hydrogen) atoms. The van der Waals surface area contributed by atoms with Gasteiger partial charge in [0.1, 0.15) is 0 Å². The van der Waals surface area contributed by atoms with Crippen LogP contribution >= 0.6 is 11.6 Å². The molecule has 0 amide bonds. The molecular formula is C14H18ClNO2. The van der Waals surface area contributed by atoms with Crippen LogP contribution in [0.15, 0.2) is 18.2 Å². The van der Waals surface area contributed by atoms with Crippen molar-refractivity contribution in [3.63, 3.8) is 0 Å². The van der Waals surface area contributed by atoms with E-state index in [9.17, 15) is 9.90 Å². The summed E-state index contributed by atoms with van der Waals surface area (Å²) in [6.45, 7) is 2.02. The Hall–Kier alpha value is -1.22. The van der Waals surface area contributed by atoms with Gasteiger partial charge in [0.15, 0.2) is 0 Å². The third kappa shape index (κ3) is 2.78. The second kappa shape index (κ2) is 5.61. The minimum atomic E-state index is -0.702. The van der Waals surface area contributed by atoms with E-state index < -0.39 is 5.97 Å². The highest BCUT2D eigenvalue weighted by atomic mass is 35.5. The van der Waals surface area contributed by atoms with Crippen LogP contribution in [0.25, 0.3) is 0 Å². The molecule has 1 aliphatic heterocycles. The Balaban J connectivity index is 2.15. The Morgan fingerprint density at radius 1 is 1.61 bits per heavy atom. The largest absolute Gasteiger partial charge is 0.481 e. The second-order valence-electron chi connectivity index (χ2n) is 4.82. The average molecular weight is 268 g/mol. The van der Waals surface area contributed by atoms with Crippen molar-refractivity contribution >= 4 is 23.3 Å². The highest BCUT2D eigenvalue weighted by Crippen LogP contribution is 2.31. The molecule has 4 heteroatoms. The average Bonchev–Trinajstić information content (AvgIpc) is 2.35. The van der Waals surface area contributed by atoms with Crippen molar-refractivity contribution in [3.05, 3.63) is 28.8 Å². The summed E-state index contributed by atoms with van der Waals surface area (Å²) in [6, 6.07) is 5.76. The number of fused-ring (bicyclic) bond motifs is 1. The van der Waals surface area contributed by atoms with E-state index in [1.54, 1.807) is 0 Å². The van der Waals surface area contributed by atoms with Crippen LogP contribution in [0.4, 0.5) is 5.69 Å². The first-order valence-corrected chi connectivity index (χ1v) is 6.77. The van der Waals surface area contributed by atoms with Crippen LogP contribution in [0.5, 0.6) is 0 Å². The Bertz CT molecular complexity index is 447. The maximum Gasteiger partial charge on any atom is 0.308 e. The van der Waals surface area contributed by atoms with E-state index >= 15 is 0 Å². The Kier molecular flexibility index (Phi) is 4.12. The lowest BCUT2D eigenvalue weighted by Gasteiger charge is -2.31. The summed E-state index contributed by atoms with van der Waals surface area (Å²) in [5.74, 6) is -1.01. The zero-order chi connectivity index (χ0) is 13.1. The van der Waals surface area contributed by atoms with Crippen LogP contribution < -0.4 is 5.32 Å². The molecule has 2 rings (SSSR count). The number of carbonyl (C=O) groups is 1. The lowest BCUT2D eigenvalue weighted by molar-refractivity contribution is -0.142. The number of hydrogen-bond donors (Lipinski definition) is 2. The first-order chi connectivity index (χ1) is 8.61. The summed E-state index contributed by atoms with van der Waals surface area (Å²) < 4.78 is 0. The lowest BCUT2D eigenvalue weighted by atomic mass is 9.87. The summed E-state index contributed by atoms with van der Waals surface area (Å²) >= 11 is 5.95. The second-order valence-corrected chi connectivity index (χ2v) is 5.26. The first kappa shape index (κ1) is 13.2. The van der Waals surface area contributed by atoms with Crippen LogP contribution in [0.1, 0.15) is 31.7 Å². The van der Waals surface area contributed by atoms with E-state index in [-0.39, 0.29) is 12.0 Å². The summed E-state index contributed by atoms with van der Waals surface area (Å²) in [6.07, 6.45) is 3.35. The summed E-state index contributed by atoms with van der Waals surface area (Å²) in [4.78, 5) is 11.3. The summed E-state index contributed by atoms with van der Waals surface area (Å²) in [5.41, 5.74) is 2.21. The van der Waals surface area contributed by atoms with Crippen molar-refractivity contribution < 1.29 is 9.90 Å². The SMILES string of the molecule is CCCC(C(=O)O)C1CCc2cc(Cl)ccc2N1. The van der Waals surface area contributed by atoms with Crippen LogP contribution in [0, 0.1) is 5.92 Å². The Morgan fingerprint density at radius 3 is 3.06 bits per heavy atom. The van der Waals surface area contributed by atoms with Gasteiger partial charge < -0.3 is 10.4 Å². The number of aryl methyl sites for hydroxylation is 1. The van der Waals surface area contributed by atoms with E-state index in [1.165, 1.54) is 5.56 Å². The van der Waals surface area contributed by atoms with Crippen molar-refractivity contribution in [1.29, 1.82) is 0 Å². The van der Waals surface area contributed by atoms with E-state index in [0.29, 0.717) is 0 Å². The molecule has 0 fully saturated rings. The molecule has 0 aromatic heterocycles. The standard InChI is InChI=1S/C14H18ClNO2/c1-2-3-11(14(17)18)13-6-4-9-8-10(15)5-7-12(9)16-13/h5,7-8,11,13,16H,2-4,6H2,1H3,(H,17,18). The van der Waals surface area contributed by atoms with Gasteiger partial charge in [-0.25, -0.2) is 0 Å².